The molecule has 0 N–H and O–H groups in total. The number of thiol groups is 1. The first kappa shape index (κ1) is 19.8. The molecule has 1 aromatic heterocycles. The molecule has 1 aromatic carbocycles. The molecule has 146 valence electrons. The standard InChI is InChI=1S/C17H17F3N2O3S2/c1-16(5-6-16)25-11-4-3-10(12(7-11)24-2)9-22(14(23)17(18,19)20)15-21-8-13(26)27-15/h3-4,7-8,26H,5-6,9H2,1-2H3. The zero-order valence-corrected chi connectivity index (χ0v) is 16.3. The number of hydrogen-bond acceptors (Lipinski definition) is 6. The van der Waals surface area contributed by atoms with Gasteiger partial charge in [0.15, 0.2) is 5.13 Å². The molecule has 27 heavy (non-hydrogen) atoms. The SMILES string of the molecule is COc1cc(OC2(C)CC2)ccc1CN(C(=O)C(F)(F)F)c1ncc(S)s1. The van der Waals surface area contributed by atoms with Gasteiger partial charge in [0.25, 0.3) is 0 Å². The second kappa shape index (κ2) is 7.23. The second-order valence-electron chi connectivity index (χ2n) is 6.40. The van der Waals surface area contributed by atoms with E-state index in [9.17, 15) is 18.0 Å². The smallest absolute Gasteiger partial charge is 0.471 e. The maximum atomic E-state index is 13.0. The van der Waals surface area contributed by atoms with Crippen LogP contribution in [0.15, 0.2) is 28.6 Å². The molecule has 1 aliphatic carbocycles. The Bertz CT molecular complexity index is 850. The number of thiazole rings is 1. The summed E-state index contributed by atoms with van der Waals surface area (Å²) in [6.07, 6.45) is -1.84. The van der Waals surface area contributed by atoms with Crippen molar-refractivity contribution < 1.29 is 27.4 Å². The van der Waals surface area contributed by atoms with E-state index in [0.29, 0.717) is 26.2 Å². The molecule has 1 heterocycles. The fraction of sp³-hybridized carbons (Fsp3) is 0.412. The summed E-state index contributed by atoms with van der Waals surface area (Å²) in [6, 6.07) is 4.86. The van der Waals surface area contributed by atoms with E-state index in [0.717, 1.165) is 24.2 Å². The van der Waals surface area contributed by atoms with Gasteiger partial charge in [0.1, 0.15) is 17.1 Å². The number of anilines is 1. The highest BCUT2D eigenvalue weighted by molar-refractivity contribution is 7.83. The van der Waals surface area contributed by atoms with Crippen LogP contribution in [0, 0.1) is 0 Å². The van der Waals surface area contributed by atoms with E-state index in [1.807, 2.05) is 6.92 Å². The van der Waals surface area contributed by atoms with Crippen LogP contribution in [0.2, 0.25) is 0 Å². The summed E-state index contributed by atoms with van der Waals surface area (Å²) in [6.45, 7) is 1.63. The van der Waals surface area contributed by atoms with Gasteiger partial charge >= 0.3 is 12.1 Å². The van der Waals surface area contributed by atoms with Gasteiger partial charge in [-0.2, -0.15) is 13.2 Å². The van der Waals surface area contributed by atoms with Gasteiger partial charge in [-0.1, -0.05) is 11.3 Å². The molecule has 0 radical (unpaired) electrons. The van der Waals surface area contributed by atoms with Crippen molar-refractivity contribution in [2.45, 2.75) is 42.3 Å². The number of hydrogen-bond donors (Lipinski definition) is 1. The van der Waals surface area contributed by atoms with Gasteiger partial charge in [-0.05, 0) is 31.9 Å². The van der Waals surface area contributed by atoms with Crippen molar-refractivity contribution in [2.75, 3.05) is 12.0 Å². The Morgan fingerprint density at radius 3 is 2.63 bits per heavy atom. The normalized spacial score (nSPS) is 15.3. The fourth-order valence-electron chi connectivity index (χ4n) is 2.41. The number of aromatic nitrogens is 1. The lowest BCUT2D eigenvalue weighted by Gasteiger charge is -2.22. The molecule has 0 atom stereocenters. The van der Waals surface area contributed by atoms with Gasteiger partial charge in [-0.3, -0.25) is 9.69 Å². The number of methoxy groups -OCH3 is 1. The van der Waals surface area contributed by atoms with Crippen molar-refractivity contribution in [3.8, 4) is 11.5 Å². The monoisotopic (exact) mass is 418 g/mol. The lowest BCUT2D eigenvalue weighted by atomic mass is 10.1. The largest absolute Gasteiger partial charge is 0.496 e. The predicted octanol–water partition coefficient (Wildman–Crippen LogP) is 4.47. The number of benzene rings is 1. The van der Waals surface area contributed by atoms with Crippen LogP contribution in [0.25, 0.3) is 0 Å². The second-order valence-corrected chi connectivity index (χ2v) is 8.19. The number of carbonyl (C=O) groups is 1. The first-order chi connectivity index (χ1) is 12.6. The van der Waals surface area contributed by atoms with Crippen LogP contribution in [-0.4, -0.2) is 29.8 Å². The lowest BCUT2D eigenvalue weighted by Crippen LogP contribution is -2.40. The highest BCUT2D eigenvalue weighted by atomic mass is 32.2. The molecule has 10 heteroatoms. The average molecular weight is 418 g/mol. The van der Waals surface area contributed by atoms with E-state index in [2.05, 4.69) is 17.6 Å². The Kier molecular flexibility index (Phi) is 5.31. The van der Waals surface area contributed by atoms with Crippen molar-refractivity contribution in [3.63, 3.8) is 0 Å². The van der Waals surface area contributed by atoms with E-state index in [1.54, 1.807) is 18.2 Å². The van der Waals surface area contributed by atoms with Crippen LogP contribution in [0.1, 0.15) is 25.3 Å². The highest BCUT2D eigenvalue weighted by Gasteiger charge is 2.44. The van der Waals surface area contributed by atoms with E-state index in [4.69, 9.17) is 9.47 Å². The molecule has 5 nitrogen and oxygen atoms in total. The summed E-state index contributed by atoms with van der Waals surface area (Å²) in [5.74, 6) is -1.10. The maximum Gasteiger partial charge on any atom is 0.471 e. The first-order valence-electron chi connectivity index (χ1n) is 8.01. The number of ether oxygens (including phenoxy) is 2. The van der Waals surface area contributed by atoms with Crippen molar-refractivity contribution in [2.24, 2.45) is 0 Å². The van der Waals surface area contributed by atoms with Gasteiger partial charge in [0.05, 0.1) is 24.1 Å². The average Bonchev–Trinajstić information content (AvgIpc) is 3.16. The van der Waals surface area contributed by atoms with Gasteiger partial charge in [0.2, 0.25) is 0 Å². The predicted molar refractivity (Wildman–Crippen MR) is 97.9 cm³/mol. The van der Waals surface area contributed by atoms with Crippen molar-refractivity contribution in [1.29, 1.82) is 0 Å². The third-order valence-electron chi connectivity index (χ3n) is 4.11. The molecular weight excluding hydrogens is 401 g/mol. The van der Waals surface area contributed by atoms with Crippen LogP contribution < -0.4 is 14.4 Å². The molecule has 1 aliphatic rings. The molecule has 0 bridgehead atoms. The summed E-state index contributed by atoms with van der Waals surface area (Å²) in [4.78, 5) is 16.4. The Morgan fingerprint density at radius 1 is 1.41 bits per heavy atom. The summed E-state index contributed by atoms with van der Waals surface area (Å²) in [7, 11) is 1.41. The molecule has 0 spiro atoms. The van der Waals surface area contributed by atoms with Crippen LogP contribution >= 0.6 is 24.0 Å². The van der Waals surface area contributed by atoms with Gasteiger partial charge in [-0.15, -0.1) is 12.6 Å². The Balaban J connectivity index is 1.89. The molecule has 0 saturated heterocycles. The zero-order valence-electron chi connectivity index (χ0n) is 14.5. The molecule has 1 amide bonds. The zero-order chi connectivity index (χ0) is 19.8. The van der Waals surface area contributed by atoms with Crippen LogP contribution in [0.3, 0.4) is 0 Å². The van der Waals surface area contributed by atoms with Crippen LogP contribution in [0.5, 0.6) is 11.5 Å². The Hall–Kier alpha value is -1.94. The fourth-order valence-corrected chi connectivity index (χ4v) is 3.37. The highest BCUT2D eigenvalue weighted by Crippen LogP contribution is 2.41. The maximum absolute atomic E-state index is 13.0. The topological polar surface area (TPSA) is 51.7 Å². The number of amides is 1. The minimum Gasteiger partial charge on any atom is -0.496 e. The summed E-state index contributed by atoms with van der Waals surface area (Å²) < 4.78 is 50.7. The summed E-state index contributed by atoms with van der Waals surface area (Å²) >= 11 is 4.95. The number of halogens is 3. The molecule has 0 unspecified atom stereocenters. The summed E-state index contributed by atoms with van der Waals surface area (Å²) in [5.41, 5.74) is 0.202. The first-order valence-corrected chi connectivity index (χ1v) is 9.27. The summed E-state index contributed by atoms with van der Waals surface area (Å²) in [5, 5.41) is -0.0878. The molecule has 1 saturated carbocycles. The van der Waals surface area contributed by atoms with Gasteiger partial charge in [-0.25, -0.2) is 4.98 Å². The van der Waals surface area contributed by atoms with Gasteiger partial charge < -0.3 is 9.47 Å². The van der Waals surface area contributed by atoms with Crippen molar-refractivity contribution in [3.05, 3.63) is 30.0 Å². The lowest BCUT2D eigenvalue weighted by molar-refractivity contribution is -0.170. The third-order valence-corrected chi connectivity index (χ3v) is 5.32. The quantitative estimate of drug-likeness (QED) is 0.704. The molecular formula is C17H17F3N2O3S2. The van der Waals surface area contributed by atoms with Crippen LogP contribution in [-0.2, 0) is 11.3 Å². The Labute approximate surface area is 163 Å². The van der Waals surface area contributed by atoms with Crippen LogP contribution in [0.4, 0.5) is 18.3 Å². The minimum absolute atomic E-state index is 0.0878. The molecule has 3 rings (SSSR count). The van der Waals surface area contributed by atoms with Crippen molar-refractivity contribution >= 4 is 35.0 Å². The molecule has 1 fully saturated rings. The number of carbonyl (C=O) groups excluding carboxylic acids is 1. The van der Waals surface area contributed by atoms with Gasteiger partial charge in [0, 0.05) is 11.6 Å². The number of rotatable bonds is 6. The number of alkyl halides is 3. The third kappa shape index (κ3) is 4.67. The molecule has 0 aliphatic heterocycles. The van der Waals surface area contributed by atoms with E-state index in [1.165, 1.54) is 13.3 Å². The number of nitrogens with zero attached hydrogens (tertiary/aromatic N) is 2. The van der Waals surface area contributed by atoms with E-state index in [-0.39, 0.29) is 17.3 Å². The van der Waals surface area contributed by atoms with Crippen molar-refractivity contribution in [1.82, 2.24) is 4.98 Å². The Morgan fingerprint density at radius 2 is 2.11 bits per heavy atom. The van der Waals surface area contributed by atoms with E-state index < -0.39 is 12.1 Å². The van der Waals surface area contributed by atoms with E-state index >= 15 is 0 Å². The minimum atomic E-state index is -5.03. The molecule has 2 aromatic rings.